The third-order valence-corrected chi connectivity index (χ3v) is 6.31. The first kappa shape index (κ1) is 18.4. The van der Waals surface area contributed by atoms with Crippen LogP contribution in [-0.4, -0.2) is 41.0 Å². The molecule has 2 unspecified atom stereocenters. The molecule has 4 rings (SSSR count). The molecule has 5 heteroatoms. The van der Waals surface area contributed by atoms with Crippen molar-refractivity contribution in [1.82, 2.24) is 15.2 Å². The van der Waals surface area contributed by atoms with E-state index in [9.17, 15) is 9.18 Å². The standard InChI is InChI=1S/C22H28FN3O/c1-13(2)25-22(27)14(3)26-11-16-8-15(9-17(16)12-26)19-6-7-24-21-5-4-18(23)10-20(19)21/h4-7,10,13-17H,8-9,11-12H2,1-3H3,(H,25,27)/t14?,15?,16-,17+. The monoisotopic (exact) mass is 369 g/mol. The molecule has 2 aromatic rings. The Kier molecular flexibility index (Phi) is 4.89. The Morgan fingerprint density at radius 3 is 2.56 bits per heavy atom. The van der Waals surface area contributed by atoms with Gasteiger partial charge in [0.05, 0.1) is 11.6 Å². The number of amides is 1. The number of likely N-dealkylation sites (tertiary alicyclic amines) is 1. The van der Waals surface area contributed by atoms with Crippen LogP contribution in [0.4, 0.5) is 4.39 Å². The van der Waals surface area contributed by atoms with Crippen molar-refractivity contribution in [2.24, 2.45) is 11.8 Å². The molecular weight excluding hydrogens is 341 g/mol. The number of nitrogens with one attached hydrogen (secondary N) is 1. The van der Waals surface area contributed by atoms with Gasteiger partial charge in [-0.1, -0.05) is 0 Å². The molecule has 144 valence electrons. The lowest BCUT2D eigenvalue weighted by atomic mass is 9.93. The molecule has 0 radical (unpaired) electrons. The number of carbonyl (C=O) groups excluding carboxylic acids is 1. The number of fused-ring (bicyclic) bond motifs is 2. The molecule has 2 aliphatic rings. The van der Waals surface area contributed by atoms with Crippen LogP contribution in [-0.2, 0) is 4.79 Å². The van der Waals surface area contributed by atoms with E-state index in [-0.39, 0.29) is 23.8 Å². The molecule has 27 heavy (non-hydrogen) atoms. The van der Waals surface area contributed by atoms with Gasteiger partial charge in [-0.15, -0.1) is 0 Å². The number of benzene rings is 1. The van der Waals surface area contributed by atoms with Crippen molar-refractivity contribution in [3.63, 3.8) is 0 Å². The third kappa shape index (κ3) is 3.57. The number of hydrogen-bond acceptors (Lipinski definition) is 3. The van der Waals surface area contributed by atoms with Gasteiger partial charge in [0, 0.05) is 30.7 Å². The summed E-state index contributed by atoms with van der Waals surface area (Å²) in [6, 6.07) is 7.02. The van der Waals surface area contributed by atoms with Crippen LogP contribution in [0.5, 0.6) is 0 Å². The fourth-order valence-electron chi connectivity index (χ4n) is 4.97. The predicted molar refractivity (Wildman–Crippen MR) is 105 cm³/mol. The van der Waals surface area contributed by atoms with E-state index in [2.05, 4.69) is 21.3 Å². The van der Waals surface area contributed by atoms with Gasteiger partial charge >= 0.3 is 0 Å². The Hall–Kier alpha value is -2.01. The molecule has 1 saturated carbocycles. The van der Waals surface area contributed by atoms with Crippen molar-refractivity contribution in [2.75, 3.05) is 13.1 Å². The zero-order valence-electron chi connectivity index (χ0n) is 16.3. The summed E-state index contributed by atoms with van der Waals surface area (Å²) in [5.74, 6) is 1.60. The number of nitrogens with zero attached hydrogens (tertiary/aromatic N) is 2. The number of hydrogen-bond donors (Lipinski definition) is 1. The Morgan fingerprint density at radius 1 is 1.19 bits per heavy atom. The number of halogens is 1. The first-order valence-corrected chi connectivity index (χ1v) is 10.0. The minimum Gasteiger partial charge on any atom is -0.353 e. The molecule has 1 aromatic carbocycles. The zero-order valence-corrected chi connectivity index (χ0v) is 16.3. The lowest BCUT2D eigenvalue weighted by Gasteiger charge is -2.26. The summed E-state index contributed by atoms with van der Waals surface area (Å²) in [7, 11) is 0. The molecule has 1 aliphatic carbocycles. The number of rotatable bonds is 4. The normalized spacial score (nSPS) is 26.5. The zero-order chi connectivity index (χ0) is 19.1. The second-order valence-corrected chi connectivity index (χ2v) is 8.54. The van der Waals surface area contributed by atoms with Crippen LogP contribution < -0.4 is 5.32 Å². The third-order valence-electron chi connectivity index (χ3n) is 6.31. The molecule has 1 aromatic heterocycles. The van der Waals surface area contributed by atoms with Crippen molar-refractivity contribution >= 4 is 16.8 Å². The summed E-state index contributed by atoms with van der Waals surface area (Å²) in [5, 5.41) is 3.97. The van der Waals surface area contributed by atoms with E-state index < -0.39 is 0 Å². The maximum absolute atomic E-state index is 13.8. The van der Waals surface area contributed by atoms with Crippen molar-refractivity contribution in [3.05, 3.63) is 41.8 Å². The molecule has 1 saturated heterocycles. The van der Waals surface area contributed by atoms with Gasteiger partial charge in [-0.3, -0.25) is 14.7 Å². The van der Waals surface area contributed by atoms with Crippen LogP contribution >= 0.6 is 0 Å². The van der Waals surface area contributed by atoms with Gasteiger partial charge in [0.1, 0.15) is 5.82 Å². The fourth-order valence-corrected chi connectivity index (χ4v) is 4.97. The molecule has 2 heterocycles. The molecule has 1 amide bonds. The van der Waals surface area contributed by atoms with Gasteiger partial charge in [-0.2, -0.15) is 0 Å². The van der Waals surface area contributed by atoms with Gasteiger partial charge < -0.3 is 5.32 Å². The highest BCUT2D eigenvalue weighted by molar-refractivity contribution is 5.83. The van der Waals surface area contributed by atoms with Crippen LogP contribution in [0.1, 0.15) is 45.1 Å². The summed E-state index contributed by atoms with van der Waals surface area (Å²) >= 11 is 0. The summed E-state index contributed by atoms with van der Waals surface area (Å²) in [6.07, 6.45) is 4.05. The molecule has 2 fully saturated rings. The highest BCUT2D eigenvalue weighted by atomic mass is 19.1. The summed E-state index contributed by atoms with van der Waals surface area (Å²) < 4.78 is 13.8. The second kappa shape index (κ2) is 7.19. The minimum atomic E-state index is -0.203. The van der Waals surface area contributed by atoms with Crippen molar-refractivity contribution in [2.45, 2.75) is 51.6 Å². The van der Waals surface area contributed by atoms with Gasteiger partial charge in [-0.05, 0) is 81.2 Å². The maximum atomic E-state index is 13.8. The van der Waals surface area contributed by atoms with E-state index in [1.54, 1.807) is 12.1 Å². The SMILES string of the molecule is CC(C)NC(=O)C(C)N1C[C@H]2CC(c3ccnc4ccc(F)cc34)C[C@H]2C1. The summed E-state index contributed by atoms with van der Waals surface area (Å²) in [4.78, 5) is 19.0. The average molecular weight is 369 g/mol. The topological polar surface area (TPSA) is 45.2 Å². The van der Waals surface area contributed by atoms with Gasteiger partial charge in [0.15, 0.2) is 0 Å². The van der Waals surface area contributed by atoms with Crippen LogP contribution in [0, 0.1) is 17.7 Å². The minimum absolute atomic E-state index is 0.0766. The van der Waals surface area contributed by atoms with Crippen molar-refractivity contribution in [1.29, 1.82) is 0 Å². The van der Waals surface area contributed by atoms with Gasteiger partial charge in [-0.25, -0.2) is 4.39 Å². The van der Waals surface area contributed by atoms with Crippen molar-refractivity contribution < 1.29 is 9.18 Å². The van der Waals surface area contributed by atoms with E-state index in [1.807, 2.05) is 27.0 Å². The quantitative estimate of drug-likeness (QED) is 0.894. The molecule has 4 nitrogen and oxygen atoms in total. The number of aromatic nitrogens is 1. The molecule has 1 aliphatic heterocycles. The van der Waals surface area contributed by atoms with Crippen molar-refractivity contribution in [3.8, 4) is 0 Å². The first-order valence-electron chi connectivity index (χ1n) is 10.0. The van der Waals surface area contributed by atoms with Crippen LogP contribution in [0.3, 0.4) is 0 Å². The Morgan fingerprint density at radius 2 is 1.89 bits per heavy atom. The van der Waals surface area contributed by atoms with Crippen LogP contribution in [0.15, 0.2) is 30.5 Å². The second-order valence-electron chi connectivity index (χ2n) is 8.54. The molecule has 4 atom stereocenters. The van der Waals surface area contributed by atoms with Crippen LogP contribution in [0.2, 0.25) is 0 Å². The number of carbonyl (C=O) groups is 1. The van der Waals surface area contributed by atoms with Crippen LogP contribution in [0.25, 0.3) is 10.9 Å². The Labute approximate surface area is 160 Å². The largest absolute Gasteiger partial charge is 0.353 e. The van der Waals surface area contributed by atoms with E-state index in [1.165, 1.54) is 11.6 Å². The first-order chi connectivity index (χ1) is 12.9. The lowest BCUT2D eigenvalue weighted by molar-refractivity contribution is -0.126. The molecule has 0 bridgehead atoms. The maximum Gasteiger partial charge on any atom is 0.237 e. The average Bonchev–Trinajstić information content (AvgIpc) is 3.18. The predicted octanol–water partition coefficient (Wildman–Crippen LogP) is 3.71. The summed E-state index contributed by atoms with van der Waals surface area (Å²) in [6.45, 7) is 7.96. The Balaban J connectivity index is 1.46. The van der Waals surface area contributed by atoms with E-state index in [0.29, 0.717) is 17.8 Å². The number of pyridine rings is 1. The van der Waals surface area contributed by atoms with Gasteiger partial charge in [0.2, 0.25) is 5.91 Å². The smallest absolute Gasteiger partial charge is 0.237 e. The highest BCUT2D eigenvalue weighted by Crippen LogP contribution is 2.47. The van der Waals surface area contributed by atoms with E-state index in [0.717, 1.165) is 36.8 Å². The van der Waals surface area contributed by atoms with Gasteiger partial charge in [0.25, 0.3) is 0 Å². The Bertz CT molecular complexity index is 839. The summed E-state index contributed by atoms with van der Waals surface area (Å²) in [5.41, 5.74) is 2.10. The van der Waals surface area contributed by atoms with E-state index in [4.69, 9.17) is 0 Å². The molecule has 1 N–H and O–H groups in total. The van der Waals surface area contributed by atoms with E-state index >= 15 is 0 Å². The lowest BCUT2D eigenvalue weighted by Crippen LogP contribution is -2.46. The molecular formula is C22H28FN3O. The fraction of sp³-hybridized carbons (Fsp3) is 0.545. The highest BCUT2D eigenvalue weighted by Gasteiger charge is 2.43. The molecule has 0 spiro atoms.